The van der Waals surface area contributed by atoms with Crippen molar-refractivity contribution in [3.63, 3.8) is 0 Å². The van der Waals surface area contributed by atoms with E-state index < -0.39 is 5.97 Å². The van der Waals surface area contributed by atoms with Gasteiger partial charge in [0, 0.05) is 0 Å². The Morgan fingerprint density at radius 2 is 2.36 bits per heavy atom. The van der Waals surface area contributed by atoms with E-state index in [1.807, 2.05) is 0 Å². The zero-order chi connectivity index (χ0) is 7.90. The maximum Gasteiger partial charge on any atom is 0.303 e. The molecule has 0 bridgehead atoms. The van der Waals surface area contributed by atoms with Crippen LogP contribution in [0.3, 0.4) is 0 Å². The Morgan fingerprint density at radius 3 is 3.00 bits per heavy atom. The fourth-order valence-electron chi connectivity index (χ4n) is 2.62. The Bertz CT molecular complexity index is 188. The molecule has 2 unspecified atom stereocenters. The molecular formula is C9H14O2. The first-order valence-corrected chi connectivity index (χ1v) is 4.45. The molecule has 2 nitrogen and oxygen atoms in total. The summed E-state index contributed by atoms with van der Waals surface area (Å²) in [5.41, 5.74) is 0.268. The summed E-state index contributed by atoms with van der Waals surface area (Å²) >= 11 is 0. The van der Waals surface area contributed by atoms with Gasteiger partial charge in [0.05, 0.1) is 6.42 Å². The first-order chi connectivity index (χ1) is 5.23. The maximum absolute atomic E-state index is 10.5. The van der Waals surface area contributed by atoms with E-state index in [0.717, 1.165) is 5.92 Å². The molecule has 0 heterocycles. The lowest BCUT2D eigenvalue weighted by Crippen LogP contribution is -2.14. The van der Waals surface area contributed by atoms with E-state index in [-0.39, 0.29) is 5.41 Å². The lowest BCUT2D eigenvalue weighted by molar-refractivity contribution is -0.138. The van der Waals surface area contributed by atoms with Gasteiger partial charge in [0.25, 0.3) is 0 Å². The average Bonchev–Trinajstić information content (AvgIpc) is 2.59. The molecule has 0 aliphatic heterocycles. The van der Waals surface area contributed by atoms with Gasteiger partial charge < -0.3 is 5.11 Å². The van der Waals surface area contributed by atoms with Crippen molar-refractivity contribution < 1.29 is 9.90 Å². The molecule has 2 atom stereocenters. The summed E-state index contributed by atoms with van der Waals surface area (Å²) in [6.45, 7) is 0. The first-order valence-electron chi connectivity index (χ1n) is 4.45. The molecule has 0 aromatic rings. The van der Waals surface area contributed by atoms with Gasteiger partial charge in [-0.05, 0) is 30.6 Å². The van der Waals surface area contributed by atoms with Gasteiger partial charge in [-0.1, -0.05) is 12.8 Å². The number of carbonyl (C=O) groups is 1. The SMILES string of the molecule is O=C(O)CC12CCCCC1C2. The van der Waals surface area contributed by atoms with Crippen molar-refractivity contribution in [3.05, 3.63) is 0 Å². The molecule has 2 heteroatoms. The predicted molar refractivity (Wildman–Crippen MR) is 41.3 cm³/mol. The molecule has 2 aliphatic carbocycles. The molecule has 0 aromatic carbocycles. The number of hydrogen-bond donors (Lipinski definition) is 1. The van der Waals surface area contributed by atoms with Crippen LogP contribution in [0.4, 0.5) is 0 Å². The fraction of sp³-hybridized carbons (Fsp3) is 0.889. The largest absolute Gasteiger partial charge is 0.481 e. The molecule has 2 rings (SSSR count). The van der Waals surface area contributed by atoms with E-state index in [4.69, 9.17) is 5.11 Å². The Kier molecular flexibility index (Phi) is 1.44. The summed E-state index contributed by atoms with van der Waals surface area (Å²) in [4.78, 5) is 10.5. The van der Waals surface area contributed by atoms with Gasteiger partial charge in [-0.2, -0.15) is 0 Å². The highest BCUT2D eigenvalue weighted by atomic mass is 16.4. The third-order valence-corrected chi connectivity index (χ3v) is 3.34. The summed E-state index contributed by atoms with van der Waals surface area (Å²) in [6, 6.07) is 0. The highest BCUT2D eigenvalue weighted by molar-refractivity contribution is 5.68. The van der Waals surface area contributed by atoms with Crippen LogP contribution in [-0.2, 0) is 4.79 Å². The highest BCUT2D eigenvalue weighted by Crippen LogP contribution is 2.63. The van der Waals surface area contributed by atoms with Crippen molar-refractivity contribution in [2.24, 2.45) is 11.3 Å². The number of rotatable bonds is 2. The van der Waals surface area contributed by atoms with Gasteiger partial charge in [0.1, 0.15) is 0 Å². The van der Waals surface area contributed by atoms with E-state index in [1.165, 1.54) is 32.1 Å². The van der Waals surface area contributed by atoms with Crippen molar-refractivity contribution in [2.45, 2.75) is 38.5 Å². The lowest BCUT2D eigenvalue weighted by atomic mass is 9.86. The minimum absolute atomic E-state index is 0.268. The normalized spacial score (nSPS) is 41.3. The minimum Gasteiger partial charge on any atom is -0.481 e. The second-order valence-electron chi connectivity index (χ2n) is 4.08. The Balaban J connectivity index is 1.96. The van der Waals surface area contributed by atoms with Crippen LogP contribution in [0.25, 0.3) is 0 Å². The Labute approximate surface area is 66.6 Å². The Morgan fingerprint density at radius 1 is 1.55 bits per heavy atom. The third kappa shape index (κ3) is 1.15. The van der Waals surface area contributed by atoms with Crippen molar-refractivity contribution in [1.29, 1.82) is 0 Å². The summed E-state index contributed by atoms with van der Waals surface area (Å²) < 4.78 is 0. The van der Waals surface area contributed by atoms with Gasteiger partial charge >= 0.3 is 5.97 Å². The molecule has 0 radical (unpaired) electrons. The molecule has 11 heavy (non-hydrogen) atoms. The lowest BCUT2D eigenvalue weighted by Gasteiger charge is -2.19. The van der Waals surface area contributed by atoms with E-state index >= 15 is 0 Å². The summed E-state index contributed by atoms with van der Waals surface area (Å²) in [6.07, 6.45) is 6.66. The van der Waals surface area contributed by atoms with Crippen molar-refractivity contribution in [1.82, 2.24) is 0 Å². The van der Waals surface area contributed by atoms with Crippen molar-refractivity contribution >= 4 is 5.97 Å². The number of aliphatic carboxylic acids is 1. The van der Waals surface area contributed by atoms with Crippen LogP contribution in [0, 0.1) is 11.3 Å². The van der Waals surface area contributed by atoms with Gasteiger partial charge in [-0.3, -0.25) is 4.79 Å². The monoisotopic (exact) mass is 154 g/mol. The van der Waals surface area contributed by atoms with Gasteiger partial charge in [0.15, 0.2) is 0 Å². The second-order valence-corrected chi connectivity index (χ2v) is 4.08. The van der Waals surface area contributed by atoms with Crippen LogP contribution in [0.5, 0.6) is 0 Å². The molecule has 2 aliphatic rings. The summed E-state index contributed by atoms with van der Waals surface area (Å²) in [5.74, 6) is 0.168. The van der Waals surface area contributed by atoms with Gasteiger partial charge in [0.2, 0.25) is 0 Å². The fourth-order valence-corrected chi connectivity index (χ4v) is 2.62. The zero-order valence-electron chi connectivity index (χ0n) is 6.68. The predicted octanol–water partition coefficient (Wildman–Crippen LogP) is 2.04. The average molecular weight is 154 g/mol. The van der Waals surface area contributed by atoms with Gasteiger partial charge in [-0.25, -0.2) is 0 Å². The van der Waals surface area contributed by atoms with Crippen LogP contribution in [0.2, 0.25) is 0 Å². The molecule has 0 aromatic heterocycles. The van der Waals surface area contributed by atoms with Gasteiger partial charge in [-0.15, -0.1) is 0 Å². The van der Waals surface area contributed by atoms with E-state index in [9.17, 15) is 4.79 Å². The third-order valence-electron chi connectivity index (χ3n) is 3.34. The van der Waals surface area contributed by atoms with Crippen LogP contribution in [-0.4, -0.2) is 11.1 Å². The van der Waals surface area contributed by atoms with Crippen molar-refractivity contribution in [3.8, 4) is 0 Å². The second kappa shape index (κ2) is 2.23. The molecule has 2 saturated carbocycles. The minimum atomic E-state index is -0.602. The van der Waals surface area contributed by atoms with E-state index in [2.05, 4.69) is 0 Å². The quantitative estimate of drug-likeness (QED) is 0.660. The van der Waals surface area contributed by atoms with Crippen LogP contribution in [0.15, 0.2) is 0 Å². The van der Waals surface area contributed by atoms with Crippen LogP contribution >= 0.6 is 0 Å². The van der Waals surface area contributed by atoms with E-state index in [0.29, 0.717) is 6.42 Å². The molecule has 2 fully saturated rings. The summed E-state index contributed by atoms with van der Waals surface area (Å²) in [5, 5.41) is 8.66. The molecule has 0 spiro atoms. The van der Waals surface area contributed by atoms with Crippen molar-refractivity contribution in [2.75, 3.05) is 0 Å². The number of carboxylic acids is 1. The Hall–Kier alpha value is -0.530. The zero-order valence-corrected chi connectivity index (χ0v) is 6.68. The highest BCUT2D eigenvalue weighted by Gasteiger charge is 2.55. The molecule has 0 saturated heterocycles. The smallest absolute Gasteiger partial charge is 0.303 e. The number of fused-ring (bicyclic) bond motifs is 1. The molecule has 0 amide bonds. The topological polar surface area (TPSA) is 37.3 Å². The molecule has 62 valence electrons. The molecule has 1 N–H and O–H groups in total. The first kappa shape index (κ1) is 7.14. The number of hydrogen-bond acceptors (Lipinski definition) is 1. The summed E-state index contributed by atoms with van der Waals surface area (Å²) in [7, 11) is 0. The maximum atomic E-state index is 10.5. The van der Waals surface area contributed by atoms with Crippen LogP contribution in [0.1, 0.15) is 38.5 Å². The molecular weight excluding hydrogens is 140 g/mol. The standard InChI is InChI=1S/C9H14O2/c10-8(11)6-9-4-2-1-3-7(9)5-9/h7H,1-6H2,(H,10,11). The number of carboxylic acid groups (broad SMARTS) is 1. The van der Waals surface area contributed by atoms with E-state index in [1.54, 1.807) is 0 Å². The van der Waals surface area contributed by atoms with Crippen LogP contribution < -0.4 is 0 Å².